The first-order valence-corrected chi connectivity index (χ1v) is 9.25. The number of sulfonamides is 1. The summed E-state index contributed by atoms with van der Waals surface area (Å²) in [5, 5.41) is 5.22. The zero-order valence-corrected chi connectivity index (χ0v) is 13.5. The van der Waals surface area contributed by atoms with E-state index in [1.54, 1.807) is 25.2 Å². The summed E-state index contributed by atoms with van der Waals surface area (Å²) in [5.74, 6) is 0. The molecule has 1 fully saturated rings. The quantitative estimate of drug-likeness (QED) is 0.890. The van der Waals surface area contributed by atoms with Crippen LogP contribution in [0.3, 0.4) is 0 Å². The number of nitrogens with zero attached hydrogens (tertiary/aromatic N) is 1. The number of thiophene rings is 1. The Balaban J connectivity index is 1.85. The molecule has 1 heterocycles. The van der Waals surface area contributed by atoms with Gasteiger partial charge in [-0.15, -0.1) is 11.3 Å². The summed E-state index contributed by atoms with van der Waals surface area (Å²) >= 11 is 1.49. The topological polar surface area (TPSA) is 49.4 Å². The number of hydrogen-bond donors (Lipinski definition) is 1. The first-order chi connectivity index (χ1) is 10.1. The maximum absolute atomic E-state index is 12.8. The van der Waals surface area contributed by atoms with E-state index in [9.17, 15) is 8.42 Å². The Morgan fingerprint density at radius 2 is 1.95 bits per heavy atom. The van der Waals surface area contributed by atoms with Crippen LogP contribution in [0.15, 0.2) is 46.7 Å². The molecule has 3 rings (SSSR count). The third kappa shape index (κ3) is 3.12. The predicted molar refractivity (Wildman–Crippen MR) is 86.2 cm³/mol. The maximum Gasteiger partial charge on any atom is 0.265 e. The van der Waals surface area contributed by atoms with Crippen molar-refractivity contribution in [3.05, 3.63) is 46.7 Å². The van der Waals surface area contributed by atoms with E-state index in [1.807, 2.05) is 23.6 Å². The van der Waals surface area contributed by atoms with Gasteiger partial charge in [-0.1, -0.05) is 18.2 Å². The molecule has 0 spiro atoms. The minimum absolute atomic E-state index is 0.409. The number of hydrogen-bond acceptors (Lipinski definition) is 4. The monoisotopic (exact) mass is 322 g/mol. The number of benzene rings is 1. The van der Waals surface area contributed by atoms with Gasteiger partial charge in [-0.25, -0.2) is 8.42 Å². The highest BCUT2D eigenvalue weighted by Crippen LogP contribution is 2.28. The SMILES string of the molecule is CN(c1ccccc1)S(=O)(=O)c1ccsc1CNC1CC1. The lowest BCUT2D eigenvalue weighted by molar-refractivity contribution is 0.592. The molecule has 112 valence electrons. The van der Waals surface area contributed by atoms with Gasteiger partial charge in [0.25, 0.3) is 10.0 Å². The van der Waals surface area contributed by atoms with Crippen molar-refractivity contribution in [2.45, 2.75) is 30.3 Å². The molecule has 6 heteroatoms. The average molecular weight is 322 g/mol. The highest BCUT2D eigenvalue weighted by atomic mass is 32.2. The fraction of sp³-hybridized carbons (Fsp3) is 0.333. The van der Waals surface area contributed by atoms with Crippen LogP contribution in [0.5, 0.6) is 0 Å². The van der Waals surface area contributed by atoms with Crippen molar-refractivity contribution in [1.82, 2.24) is 5.32 Å². The molecule has 0 amide bonds. The largest absolute Gasteiger partial charge is 0.309 e. The first kappa shape index (κ1) is 14.6. The molecule has 0 unspecified atom stereocenters. The van der Waals surface area contributed by atoms with Crippen molar-refractivity contribution < 1.29 is 8.42 Å². The molecule has 1 aliphatic carbocycles. The highest BCUT2D eigenvalue weighted by molar-refractivity contribution is 7.93. The summed E-state index contributed by atoms with van der Waals surface area (Å²) in [6.45, 7) is 0.625. The van der Waals surface area contributed by atoms with Gasteiger partial charge in [-0.2, -0.15) is 0 Å². The van der Waals surface area contributed by atoms with Gasteiger partial charge in [0.15, 0.2) is 0 Å². The molecule has 0 aliphatic heterocycles. The van der Waals surface area contributed by atoms with Crippen LogP contribution in [-0.4, -0.2) is 21.5 Å². The summed E-state index contributed by atoms with van der Waals surface area (Å²) in [5.41, 5.74) is 0.671. The normalized spacial score (nSPS) is 15.1. The molecule has 21 heavy (non-hydrogen) atoms. The number of nitrogens with one attached hydrogen (secondary N) is 1. The Kier molecular flexibility index (Phi) is 4.01. The van der Waals surface area contributed by atoms with E-state index in [2.05, 4.69) is 5.32 Å². The molecule has 1 N–H and O–H groups in total. The van der Waals surface area contributed by atoms with Gasteiger partial charge in [0.2, 0.25) is 0 Å². The minimum Gasteiger partial charge on any atom is -0.309 e. The second kappa shape index (κ2) is 5.79. The lowest BCUT2D eigenvalue weighted by Crippen LogP contribution is -2.27. The van der Waals surface area contributed by atoms with Gasteiger partial charge in [-0.3, -0.25) is 4.31 Å². The van der Waals surface area contributed by atoms with Gasteiger partial charge >= 0.3 is 0 Å². The smallest absolute Gasteiger partial charge is 0.265 e. The highest BCUT2D eigenvalue weighted by Gasteiger charge is 2.26. The van der Waals surface area contributed by atoms with Crippen LogP contribution in [0.1, 0.15) is 17.7 Å². The van der Waals surface area contributed by atoms with E-state index in [-0.39, 0.29) is 0 Å². The van der Waals surface area contributed by atoms with Crippen molar-refractivity contribution in [3.8, 4) is 0 Å². The molecule has 0 atom stereocenters. The van der Waals surface area contributed by atoms with Crippen LogP contribution in [-0.2, 0) is 16.6 Å². The van der Waals surface area contributed by atoms with Crippen LogP contribution < -0.4 is 9.62 Å². The van der Waals surface area contributed by atoms with Crippen molar-refractivity contribution in [2.24, 2.45) is 0 Å². The van der Waals surface area contributed by atoms with E-state index in [1.165, 1.54) is 28.5 Å². The number of anilines is 1. The molecule has 1 aromatic carbocycles. The van der Waals surface area contributed by atoms with E-state index in [4.69, 9.17) is 0 Å². The molecule has 0 radical (unpaired) electrons. The van der Waals surface area contributed by atoms with Crippen LogP contribution in [0, 0.1) is 0 Å². The second-order valence-electron chi connectivity index (χ2n) is 5.17. The molecular weight excluding hydrogens is 304 g/mol. The summed E-state index contributed by atoms with van der Waals surface area (Å²) < 4.78 is 26.9. The maximum atomic E-state index is 12.8. The third-order valence-corrected chi connectivity index (χ3v) is 6.51. The molecule has 2 aromatic rings. The van der Waals surface area contributed by atoms with Crippen molar-refractivity contribution >= 4 is 27.0 Å². The Hall–Kier alpha value is -1.37. The van der Waals surface area contributed by atoms with Crippen LogP contribution in [0.25, 0.3) is 0 Å². The molecule has 0 saturated heterocycles. The zero-order chi connectivity index (χ0) is 14.9. The van der Waals surface area contributed by atoms with Gasteiger partial charge in [0, 0.05) is 24.5 Å². The molecular formula is C15H18N2O2S2. The van der Waals surface area contributed by atoms with Gasteiger partial charge < -0.3 is 5.32 Å². The predicted octanol–water partition coefficient (Wildman–Crippen LogP) is 2.83. The summed E-state index contributed by atoms with van der Waals surface area (Å²) in [7, 11) is -1.91. The molecule has 4 nitrogen and oxygen atoms in total. The summed E-state index contributed by atoms with van der Waals surface area (Å²) in [6.07, 6.45) is 2.38. The lowest BCUT2D eigenvalue weighted by Gasteiger charge is -2.19. The van der Waals surface area contributed by atoms with Crippen LogP contribution in [0.2, 0.25) is 0 Å². The molecule has 1 saturated carbocycles. The Morgan fingerprint density at radius 1 is 1.24 bits per heavy atom. The average Bonchev–Trinajstić information content (AvgIpc) is 3.20. The van der Waals surface area contributed by atoms with E-state index in [0.717, 1.165) is 4.88 Å². The van der Waals surface area contributed by atoms with E-state index in [0.29, 0.717) is 23.2 Å². The van der Waals surface area contributed by atoms with Crippen LogP contribution >= 0.6 is 11.3 Å². The number of para-hydroxylation sites is 1. The molecule has 1 aromatic heterocycles. The standard InChI is InChI=1S/C15H18N2O2S2/c1-17(13-5-3-2-4-6-13)21(18,19)15-9-10-20-14(15)11-16-12-7-8-12/h2-6,9-10,12,16H,7-8,11H2,1H3. The van der Waals surface area contributed by atoms with E-state index >= 15 is 0 Å². The minimum atomic E-state index is -3.50. The fourth-order valence-corrected chi connectivity index (χ4v) is 4.70. The van der Waals surface area contributed by atoms with Crippen molar-refractivity contribution in [3.63, 3.8) is 0 Å². The molecule has 0 bridgehead atoms. The van der Waals surface area contributed by atoms with Crippen molar-refractivity contribution in [1.29, 1.82) is 0 Å². The van der Waals surface area contributed by atoms with Gasteiger partial charge in [0.1, 0.15) is 4.90 Å². The first-order valence-electron chi connectivity index (χ1n) is 6.93. The lowest BCUT2D eigenvalue weighted by atomic mass is 10.3. The molecule has 1 aliphatic rings. The van der Waals surface area contributed by atoms with Gasteiger partial charge in [0.05, 0.1) is 5.69 Å². The Bertz CT molecular complexity index is 706. The zero-order valence-electron chi connectivity index (χ0n) is 11.8. The van der Waals surface area contributed by atoms with Crippen molar-refractivity contribution in [2.75, 3.05) is 11.4 Å². The fourth-order valence-electron chi connectivity index (χ4n) is 2.14. The summed E-state index contributed by atoms with van der Waals surface area (Å²) in [4.78, 5) is 1.29. The number of rotatable bonds is 6. The Morgan fingerprint density at radius 3 is 2.62 bits per heavy atom. The van der Waals surface area contributed by atoms with Gasteiger partial charge in [-0.05, 0) is 36.4 Å². The second-order valence-corrected chi connectivity index (χ2v) is 8.11. The van der Waals surface area contributed by atoms with E-state index < -0.39 is 10.0 Å². The third-order valence-electron chi connectivity index (χ3n) is 3.59. The summed E-state index contributed by atoms with van der Waals surface area (Å²) in [6, 6.07) is 11.4. The van der Waals surface area contributed by atoms with Crippen LogP contribution in [0.4, 0.5) is 5.69 Å². The Labute approximate surface area is 129 Å².